The van der Waals surface area contributed by atoms with Crippen molar-refractivity contribution in [2.24, 2.45) is 11.8 Å². The molecule has 6 atom stereocenters. The topological polar surface area (TPSA) is 237 Å². The normalized spacial score (nSPS) is 14.0. The number of carbonyl (C=O) groups is 4. The lowest BCUT2D eigenvalue weighted by molar-refractivity contribution is -0.161. The molecule has 0 fully saturated rings. The number of unbranched alkanes of at least 4 members (excludes halogenated alkanes) is 59. The molecule has 0 radical (unpaired) electrons. The first-order valence-corrected chi connectivity index (χ1v) is 50.0. The molecule has 0 aromatic rings. The molecule has 0 aromatic carbocycles. The van der Waals surface area contributed by atoms with Crippen LogP contribution < -0.4 is 0 Å². The van der Waals surface area contributed by atoms with Gasteiger partial charge in [0.05, 0.1) is 26.4 Å². The Morgan fingerprint density at radius 2 is 0.464 bits per heavy atom. The van der Waals surface area contributed by atoms with E-state index >= 15 is 0 Å². The van der Waals surface area contributed by atoms with Gasteiger partial charge in [-0.15, -0.1) is 0 Å². The van der Waals surface area contributed by atoms with E-state index in [1.54, 1.807) is 0 Å². The monoisotopic (exact) mass is 1610 g/mol. The molecule has 0 aliphatic carbocycles. The third-order valence-corrected chi connectivity index (χ3v) is 23.7. The fraction of sp³-hybridized carbons (Fsp3) is 0.956. The van der Waals surface area contributed by atoms with Gasteiger partial charge in [0.25, 0.3) is 0 Å². The Morgan fingerprint density at radius 1 is 0.264 bits per heavy atom. The van der Waals surface area contributed by atoms with Gasteiger partial charge in [-0.3, -0.25) is 37.3 Å². The molecule has 0 amide bonds. The summed E-state index contributed by atoms with van der Waals surface area (Å²) in [5, 5.41) is 10.7. The van der Waals surface area contributed by atoms with Crippen molar-refractivity contribution in [3.05, 3.63) is 0 Å². The fourth-order valence-electron chi connectivity index (χ4n) is 14.3. The molecule has 17 nitrogen and oxygen atoms in total. The van der Waals surface area contributed by atoms with Gasteiger partial charge in [0.2, 0.25) is 0 Å². The molecule has 0 saturated carbocycles. The Labute approximate surface area is 677 Å². The smallest absolute Gasteiger partial charge is 0.462 e. The Balaban J connectivity index is 5.24. The molecule has 0 aliphatic heterocycles. The van der Waals surface area contributed by atoms with Crippen LogP contribution >= 0.6 is 15.6 Å². The van der Waals surface area contributed by atoms with Crippen LogP contribution in [-0.2, 0) is 65.4 Å². The average molecular weight is 1610 g/mol. The van der Waals surface area contributed by atoms with E-state index in [1.807, 2.05) is 0 Å². The molecule has 0 rings (SSSR count). The van der Waals surface area contributed by atoms with E-state index in [0.717, 1.165) is 102 Å². The second-order valence-electron chi connectivity index (χ2n) is 33.4. The highest BCUT2D eigenvalue weighted by Crippen LogP contribution is 2.45. The molecule has 0 heterocycles. The number of carbonyl (C=O) groups excluding carboxylic acids is 4. The van der Waals surface area contributed by atoms with Crippen molar-refractivity contribution in [1.29, 1.82) is 0 Å². The zero-order chi connectivity index (χ0) is 80.6. The zero-order valence-electron chi connectivity index (χ0n) is 72.6. The predicted octanol–water partition coefficient (Wildman–Crippen LogP) is 28.2. The first-order valence-electron chi connectivity index (χ1n) is 47.0. The van der Waals surface area contributed by atoms with E-state index < -0.39 is 97.5 Å². The summed E-state index contributed by atoms with van der Waals surface area (Å²) in [6.07, 6.45) is 76.6. The molecular formula is C91H178O17P2. The van der Waals surface area contributed by atoms with E-state index in [1.165, 1.54) is 308 Å². The Kier molecular flexibility index (Phi) is 80.7. The Morgan fingerprint density at radius 3 is 0.691 bits per heavy atom. The van der Waals surface area contributed by atoms with Crippen LogP contribution in [0.25, 0.3) is 0 Å². The highest BCUT2D eigenvalue weighted by molar-refractivity contribution is 7.47. The number of hydrogen-bond donors (Lipinski definition) is 3. The van der Waals surface area contributed by atoms with E-state index in [4.69, 9.17) is 37.0 Å². The predicted molar refractivity (Wildman–Crippen MR) is 455 cm³/mol. The maximum atomic E-state index is 13.2. The minimum atomic E-state index is -4.97. The van der Waals surface area contributed by atoms with Crippen LogP contribution in [0.1, 0.15) is 491 Å². The van der Waals surface area contributed by atoms with Crippen molar-refractivity contribution in [2.45, 2.75) is 509 Å². The molecule has 0 aliphatic rings. The van der Waals surface area contributed by atoms with Crippen LogP contribution in [0.15, 0.2) is 0 Å². The second-order valence-corrected chi connectivity index (χ2v) is 36.3. The van der Waals surface area contributed by atoms with Crippen molar-refractivity contribution >= 4 is 39.5 Å². The van der Waals surface area contributed by atoms with Crippen LogP contribution in [-0.4, -0.2) is 96.7 Å². The molecule has 654 valence electrons. The molecule has 0 spiro atoms. The number of phosphoric ester groups is 2. The van der Waals surface area contributed by atoms with E-state index in [0.29, 0.717) is 25.7 Å². The lowest BCUT2D eigenvalue weighted by Gasteiger charge is -2.21. The first kappa shape index (κ1) is 108. The molecular weight excluding hydrogens is 1430 g/mol. The maximum absolute atomic E-state index is 13.2. The molecule has 0 aromatic heterocycles. The molecule has 0 bridgehead atoms. The molecule has 3 unspecified atom stereocenters. The zero-order valence-corrected chi connectivity index (χ0v) is 74.4. The minimum absolute atomic E-state index is 0.107. The number of esters is 4. The van der Waals surface area contributed by atoms with Gasteiger partial charge >= 0.3 is 39.5 Å². The molecule has 3 N–H and O–H groups in total. The van der Waals surface area contributed by atoms with Crippen LogP contribution in [0.3, 0.4) is 0 Å². The standard InChI is InChI=1S/C91H178O17P2/c1-7-10-12-14-16-18-20-22-24-26-28-30-32-34-36-38-40-45-49-57-63-69-75-90(95)107-86(79-101-88(93)73-67-61-55-48-44-39-37-35-33-31-29-27-25-23-21-19-17-15-13-11-8-2)81-105-109(97,98)103-77-85(92)78-104-110(99,100)106-82-87(80-102-89(94)74-68-62-56-52-51-54-60-66-72-84(6)9-3)108-91(96)76-70-64-58-50-46-42-41-43-47-53-59-65-71-83(4)5/h83-87,92H,7-82H2,1-6H3,(H,97,98)(H,99,100)/t84?,85-,86-,87-/m1/s1. The maximum Gasteiger partial charge on any atom is 0.472 e. The van der Waals surface area contributed by atoms with Gasteiger partial charge in [0.1, 0.15) is 19.3 Å². The van der Waals surface area contributed by atoms with Crippen molar-refractivity contribution in [2.75, 3.05) is 39.6 Å². The first-order chi connectivity index (χ1) is 53.4. The summed E-state index contributed by atoms with van der Waals surface area (Å²) in [4.78, 5) is 73.4. The summed E-state index contributed by atoms with van der Waals surface area (Å²) in [7, 11) is -9.94. The summed E-state index contributed by atoms with van der Waals surface area (Å²) in [6.45, 7) is 9.71. The number of phosphoric acid groups is 2. The lowest BCUT2D eigenvalue weighted by atomic mass is 9.99. The third kappa shape index (κ3) is 82.6. The SMILES string of the molecule is CCCCCCCCCCCCCCCCCCCCCCCCC(=O)O[C@H](COC(=O)CCCCCCCCCCCCCCCCCCCCCCC)COP(=O)(O)OC[C@@H](O)COP(=O)(O)OC[C@@H](COC(=O)CCCCCCCCCCC(C)CC)OC(=O)CCCCCCCCCCCCCCC(C)C. The van der Waals surface area contributed by atoms with Gasteiger partial charge in [-0.05, 0) is 37.5 Å². The van der Waals surface area contributed by atoms with Gasteiger partial charge in [-0.1, -0.05) is 440 Å². The largest absolute Gasteiger partial charge is 0.472 e. The van der Waals surface area contributed by atoms with Gasteiger partial charge in [-0.25, -0.2) is 9.13 Å². The van der Waals surface area contributed by atoms with Crippen LogP contribution in [0.5, 0.6) is 0 Å². The van der Waals surface area contributed by atoms with E-state index in [2.05, 4.69) is 41.5 Å². The molecule has 110 heavy (non-hydrogen) atoms. The van der Waals surface area contributed by atoms with Gasteiger partial charge in [-0.2, -0.15) is 0 Å². The number of hydrogen-bond acceptors (Lipinski definition) is 15. The number of aliphatic hydroxyl groups is 1. The minimum Gasteiger partial charge on any atom is -0.462 e. The molecule has 19 heteroatoms. The van der Waals surface area contributed by atoms with Gasteiger partial charge < -0.3 is 33.8 Å². The number of ether oxygens (including phenoxy) is 4. The van der Waals surface area contributed by atoms with Crippen LogP contribution in [0.2, 0.25) is 0 Å². The van der Waals surface area contributed by atoms with Crippen LogP contribution in [0.4, 0.5) is 0 Å². The number of aliphatic hydroxyl groups excluding tert-OH is 1. The summed E-state index contributed by atoms with van der Waals surface area (Å²) in [5.41, 5.74) is 0. The Hall–Kier alpha value is -1.94. The number of rotatable bonds is 90. The van der Waals surface area contributed by atoms with Crippen LogP contribution in [0, 0.1) is 11.8 Å². The second kappa shape index (κ2) is 82.2. The average Bonchev–Trinajstić information content (AvgIpc) is 0.889. The van der Waals surface area contributed by atoms with Crippen molar-refractivity contribution in [3.63, 3.8) is 0 Å². The summed E-state index contributed by atoms with van der Waals surface area (Å²) < 4.78 is 69.1. The van der Waals surface area contributed by atoms with Crippen molar-refractivity contribution in [1.82, 2.24) is 0 Å². The summed E-state index contributed by atoms with van der Waals surface area (Å²) >= 11 is 0. The summed E-state index contributed by atoms with van der Waals surface area (Å²) in [6, 6.07) is 0. The van der Waals surface area contributed by atoms with E-state index in [9.17, 15) is 43.2 Å². The van der Waals surface area contributed by atoms with E-state index in [-0.39, 0.29) is 25.7 Å². The molecule has 0 saturated heterocycles. The Bertz CT molecular complexity index is 2100. The lowest BCUT2D eigenvalue weighted by Crippen LogP contribution is -2.30. The van der Waals surface area contributed by atoms with Crippen molar-refractivity contribution in [3.8, 4) is 0 Å². The highest BCUT2D eigenvalue weighted by atomic mass is 31.2. The fourth-order valence-corrected chi connectivity index (χ4v) is 15.9. The third-order valence-electron chi connectivity index (χ3n) is 21.8. The summed E-state index contributed by atoms with van der Waals surface area (Å²) in [5.74, 6) is -0.544. The quantitative estimate of drug-likeness (QED) is 0.0222. The van der Waals surface area contributed by atoms with Crippen molar-refractivity contribution < 1.29 is 80.2 Å². The highest BCUT2D eigenvalue weighted by Gasteiger charge is 2.31. The van der Waals surface area contributed by atoms with Gasteiger partial charge in [0, 0.05) is 25.7 Å². The van der Waals surface area contributed by atoms with Gasteiger partial charge in [0.15, 0.2) is 12.2 Å².